The molecule has 10 nitrogen and oxygen atoms in total. The lowest BCUT2D eigenvalue weighted by molar-refractivity contribution is 0.219. The fourth-order valence-corrected chi connectivity index (χ4v) is 5.99. The van der Waals surface area contributed by atoms with Crippen LogP contribution in [0.15, 0.2) is 30.5 Å². The molecule has 1 aliphatic rings. The fourth-order valence-electron chi connectivity index (χ4n) is 4.87. The minimum absolute atomic E-state index is 0.0432. The van der Waals surface area contributed by atoms with Gasteiger partial charge in [-0.1, -0.05) is 41.5 Å². The van der Waals surface area contributed by atoms with Gasteiger partial charge in [-0.15, -0.1) is 0 Å². The van der Waals surface area contributed by atoms with Crippen LogP contribution in [0.5, 0.6) is 0 Å². The van der Waals surface area contributed by atoms with Crippen molar-refractivity contribution in [3.8, 4) is 23.4 Å². The maximum Gasteiger partial charge on any atom is 0.329 e. The Balaban J connectivity index is 1.72. The van der Waals surface area contributed by atoms with Gasteiger partial charge in [0.2, 0.25) is 5.95 Å². The minimum atomic E-state index is -2.06. The quantitative estimate of drug-likeness (QED) is 0.216. The number of nitriles is 2. The lowest BCUT2D eigenvalue weighted by atomic mass is 9.83. The Hall–Kier alpha value is -4.00. The molecule has 2 aromatic heterocycles. The van der Waals surface area contributed by atoms with Gasteiger partial charge in [0.05, 0.1) is 11.3 Å². The highest BCUT2D eigenvalue weighted by Crippen LogP contribution is 2.46. The van der Waals surface area contributed by atoms with Crippen LogP contribution in [0.4, 0.5) is 17.5 Å². The van der Waals surface area contributed by atoms with Crippen molar-refractivity contribution >= 4 is 39.4 Å². The van der Waals surface area contributed by atoms with E-state index in [1.54, 1.807) is 29.1 Å². The van der Waals surface area contributed by atoms with Crippen LogP contribution in [0, 0.1) is 28.6 Å². The number of hydrogen-bond acceptors (Lipinski definition) is 9. The molecule has 4 rings (SSSR count). The van der Waals surface area contributed by atoms with Gasteiger partial charge >= 0.3 is 7.41 Å². The van der Waals surface area contributed by atoms with Gasteiger partial charge in [-0.3, -0.25) is 0 Å². The van der Waals surface area contributed by atoms with E-state index in [-0.39, 0.29) is 5.04 Å². The van der Waals surface area contributed by atoms with E-state index in [0.717, 1.165) is 29.4 Å². The summed E-state index contributed by atoms with van der Waals surface area (Å²) in [7, 11) is -0.575. The van der Waals surface area contributed by atoms with Gasteiger partial charge in [0, 0.05) is 48.6 Å². The predicted molar refractivity (Wildman–Crippen MR) is 172 cm³/mol. The monoisotopic (exact) mass is 595 g/mol. The van der Waals surface area contributed by atoms with Crippen molar-refractivity contribution in [2.75, 3.05) is 23.3 Å². The zero-order chi connectivity index (χ0) is 31.6. The zero-order valence-corrected chi connectivity index (χ0v) is 27.4. The highest BCUT2D eigenvalue weighted by molar-refractivity contribution is 6.74. The van der Waals surface area contributed by atoms with E-state index in [2.05, 4.69) is 88.2 Å². The number of aryl methyl sites for hydroxylation is 1. The first kappa shape index (κ1) is 31.9. The molecule has 1 aliphatic heterocycles. The van der Waals surface area contributed by atoms with Crippen LogP contribution >= 0.6 is 0 Å². The number of anilines is 3. The predicted octanol–water partition coefficient (Wildman–Crippen LogP) is 5.78. The fraction of sp³-hybridized carbons (Fsp3) is 0.484. The van der Waals surface area contributed by atoms with Gasteiger partial charge in [0.1, 0.15) is 24.1 Å². The summed E-state index contributed by atoms with van der Waals surface area (Å²) in [4.78, 5) is 22.6. The summed E-state index contributed by atoms with van der Waals surface area (Å²) < 4.78 is 8.45. The van der Waals surface area contributed by atoms with Crippen molar-refractivity contribution in [3.63, 3.8) is 0 Å². The molecule has 43 heavy (non-hydrogen) atoms. The second-order valence-electron chi connectivity index (χ2n) is 13.4. The second-order valence-corrected chi connectivity index (χ2v) is 18.2. The normalized spacial score (nSPS) is 16.5. The van der Waals surface area contributed by atoms with E-state index in [1.165, 1.54) is 7.41 Å². The van der Waals surface area contributed by atoms with Crippen molar-refractivity contribution in [1.82, 2.24) is 19.7 Å². The molecular weight excluding hydrogens is 555 g/mol. The van der Waals surface area contributed by atoms with Gasteiger partial charge in [-0.25, -0.2) is 14.6 Å². The van der Waals surface area contributed by atoms with Crippen LogP contribution in [0.25, 0.3) is 11.3 Å². The molecule has 0 fully saturated rings. The zero-order valence-electron chi connectivity index (χ0n) is 26.4. The summed E-state index contributed by atoms with van der Waals surface area (Å²) in [5.74, 6) is 1.47. The highest BCUT2D eigenvalue weighted by Gasteiger charge is 2.44. The molecule has 1 aromatic carbocycles. The average Bonchev–Trinajstić information content (AvgIpc) is 3.48. The number of aromatic nitrogens is 4. The third-order valence-corrected chi connectivity index (χ3v) is 13.0. The molecule has 223 valence electrons. The number of nitrogens with zero attached hydrogens (tertiary/aromatic N) is 7. The molecule has 0 saturated carbocycles. The van der Waals surface area contributed by atoms with Crippen LogP contribution < -0.4 is 10.1 Å². The molecule has 0 aliphatic carbocycles. The molecule has 1 N–H and O–H groups in total. The minimum Gasteiger partial charge on any atom is -0.416 e. The number of carbonyl (C=O) groups is 1. The number of fused-ring (bicyclic) bond motifs is 1. The number of nitrogens with one attached hydrogen (secondary N) is 1. The summed E-state index contributed by atoms with van der Waals surface area (Å²) in [5.41, 5.74) is 3.38. The van der Waals surface area contributed by atoms with E-state index in [4.69, 9.17) is 9.41 Å². The van der Waals surface area contributed by atoms with Crippen molar-refractivity contribution in [2.45, 2.75) is 78.1 Å². The van der Waals surface area contributed by atoms with Gasteiger partial charge in [-0.05, 0) is 54.2 Å². The average molecular weight is 596 g/mol. The third-order valence-electron chi connectivity index (χ3n) is 8.49. The Morgan fingerprint density at radius 1 is 1.23 bits per heavy atom. The first-order valence-electron chi connectivity index (χ1n) is 14.6. The first-order chi connectivity index (χ1) is 20.2. The van der Waals surface area contributed by atoms with Crippen LogP contribution in [-0.2, 0) is 21.2 Å². The molecule has 3 aromatic rings. The topological polar surface area (TPSA) is 133 Å². The summed E-state index contributed by atoms with van der Waals surface area (Å²) in [5, 5.41) is 27.3. The summed E-state index contributed by atoms with van der Waals surface area (Å²) in [6.45, 7) is 19.1. The number of carbonyl (C=O) groups excluding carboxylic acids is 1. The highest BCUT2D eigenvalue weighted by atomic mass is 28.4. The molecule has 0 spiro atoms. The number of hydrogen-bond donors (Lipinski definition) is 1. The lowest BCUT2D eigenvalue weighted by Gasteiger charge is -2.39. The van der Waals surface area contributed by atoms with Crippen LogP contribution in [0.2, 0.25) is 18.1 Å². The first-order valence-corrected chi connectivity index (χ1v) is 17.5. The Morgan fingerprint density at radius 2 is 1.98 bits per heavy atom. The van der Waals surface area contributed by atoms with Gasteiger partial charge in [-0.2, -0.15) is 15.6 Å². The van der Waals surface area contributed by atoms with Crippen molar-refractivity contribution in [2.24, 2.45) is 5.92 Å². The van der Waals surface area contributed by atoms with Crippen molar-refractivity contribution < 1.29 is 9.22 Å². The molecule has 1 atom stereocenters. The van der Waals surface area contributed by atoms with E-state index in [1.807, 2.05) is 4.81 Å². The van der Waals surface area contributed by atoms with E-state index >= 15 is 0 Å². The molecule has 0 unspecified atom stereocenters. The smallest absolute Gasteiger partial charge is 0.329 e. The SMILES string of the molecule is CC(C)CCn1nc(C#N)cc1Nc1nccc(-c2cc(C#N)c3c(c2)[C@@](C)(CO[Si](C)(C)C(C)(C)C)CN3[B]C=O)n1. The molecular formula is C31H40BN8O2Si. The maximum absolute atomic E-state index is 11.6. The summed E-state index contributed by atoms with van der Waals surface area (Å²) >= 11 is 0. The Kier molecular flexibility index (Phi) is 9.14. The second kappa shape index (κ2) is 12.3. The molecule has 0 bridgehead atoms. The third kappa shape index (κ3) is 6.82. The Bertz CT molecular complexity index is 1580. The number of rotatable bonds is 11. The largest absolute Gasteiger partial charge is 0.416 e. The van der Waals surface area contributed by atoms with Crippen LogP contribution in [-0.4, -0.2) is 54.8 Å². The van der Waals surface area contributed by atoms with E-state index < -0.39 is 13.7 Å². The molecule has 1 radical (unpaired) electrons. The molecule has 0 saturated heterocycles. The molecule has 12 heteroatoms. The summed E-state index contributed by atoms with van der Waals surface area (Å²) in [6, 6.07) is 11.8. The van der Waals surface area contributed by atoms with Crippen LogP contribution in [0.1, 0.15) is 64.8 Å². The Labute approximate surface area is 256 Å². The van der Waals surface area contributed by atoms with Crippen molar-refractivity contribution in [3.05, 3.63) is 47.3 Å². The lowest BCUT2D eigenvalue weighted by Crippen LogP contribution is -2.46. The van der Waals surface area contributed by atoms with Gasteiger partial charge in [0.25, 0.3) is 0 Å². The van der Waals surface area contributed by atoms with Crippen LogP contribution in [0.3, 0.4) is 0 Å². The van der Waals surface area contributed by atoms with Crippen molar-refractivity contribution in [1.29, 1.82) is 10.5 Å². The summed E-state index contributed by atoms with van der Waals surface area (Å²) in [6.07, 6.45) is 3.33. The Morgan fingerprint density at radius 3 is 2.60 bits per heavy atom. The number of benzene rings is 1. The van der Waals surface area contributed by atoms with E-state index in [9.17, 15) is 15.3 Å². The standard InChI is InChI=1S/C31H40BN8O2Si/c1-21(2)10-12-40-27(15-24(17-34)38-40)37-29-35-11-9-26(36-29)22-13-23(16-33)28-25(14-22)31(6,18-39(28)32-20-41)19-42-43(7,8)30(3,4)5/h9,11,13-15,20-21H,10,12,18-19H2,1-8H3,(H,35,36,37)/t31-/m1/s1. The van der Waals surface area contributed by atoms with Gasteiger partial charge in [0.15, 0.2) is 14.0 Å². The molecule has 3 heterocycles. The van der Waals surface area contributed by atoms with Gasteiger partial charge < -0.3 is 19.3 Å². The van der Waals surface area contributed by atoms with E-state index in [0.29, 0.717) is 54.3 Å². The maximum atomic E-state index is 11.6. The molecule has 0 amide bonds.